The zero-order chi connectivity index (χ0) is 11.0. The van der Waals surface area contributed by atoms with E-state index in [1.807, 2.05) is 6.07 Å². The van der Waals surface area contributed by atoms with Gasteiger partial charge in [0.25, 0.3) is 0 Å². The minimum Gasteiger partial charge on any atom is -0.236 e. The second-order valence-electron chi connectivity index (χ2n) is 3.37. The Balaban J connectivity index is 2.29. The van der Waals surface area contributed by atoms with Crippen LogP contribution < -0.4 is 0 Å². The second-order valence-corrected chi connectivity index (χ2v) is 4.67. The number of thiophene rings is 1. The molecule has 3 aromatic rings. The van der Waals surface area contributed by atoms with Gasteiger partial charge in [0, 0.05) is 16.3 Å². The maximum atomic E-state index is 5.87. The summed E-state index contributed by atoms with van der Waals surface area (Å²) >= 11 is 7.58. The quantitative estimate of drug-likeness (QED) is 0.607. The summed E-state index contributed by atoms with van der Waals surface area (Å²) in [5.41, 5.74) is 1.98. The maximum Gasteiger partial charge on any atom is 0.133 e. The Morgan fingerprint density at radius 1 is 1.12 bits per heavy atom. The molecule has 0 radical (unpaired) electrons. The number of hydrogen-bond acceptors (Lipinski definition) is 3. The summed E-state index contributed by atoms with van der Waals surface area (Å²) in [4.78, 5) is 8.14. The monoisotopic (exact) mass is 246 g/mol. The lowest BCUT2D eigenvalue weighted by atomic mass is 10.1. The van der Waals surface area contributed by atoms with Gasteiger partial charge in [-0.15, -0.1) is 11.3 Å². The van der Waals surface area contributed by atoms with E-state index in [2.05, 4.69) is 33.5 Å². The molecule has 0 saturated carbocycles. The molecule has 2 nitrogen and oxygen atoms in total. The number of fused-ring (bicyclic) bond motifs is 1. The molecule has 0 amide bonds. The van der Waals surface area contributed by atoms with Crippen LogP contribution in [0.25, 0.3) is 21.3 Å². The van der Waals surface area contributed by atoms with Crippen molar-refractivity contribution in [2.75, 3.05) is 0 Å². The number of aromatic nitrogens is 2. The van der Waals surface area contributed by atoms with Crippen LogP contribution in [0.15, 0.2) is 42.0 Å². The summed E-state index contributed by atoms with van der Waals surface area (Å²) < 4.78 is 1.23. The van der Waals surface area contributed by atoms with Gasteiger partial charge in [-0.2, -0.15) is 0 Å². The summed E-state index contributed by atoms with van der Waals surface area (Å²) in [6.45, 7) is 0. The summed E-state index contributed by atoms with van der Waals surface area (Å²) in [6.07, 6.45) is 1.49. The molecule has 0 aliphatic heterocycles. The van der Waals surface area contributed by atoms with E-state index in [1.54, 1.807) is 17.4 Å². The lowest BCUT2D eigenvalue weighted by Gasteiger charge is -2.02. The van der Waals surface area contributed by atoms with E-state index in [0.29, 0.717) is 5.15 Å². The fourth-order valence-corrected chi connectivity index (χ4v) is 2.75. The third-order valence-corrected chi connectivity index (χ3v) is 3.56. The van der Waals surface area contributed by atoms with Gasteiger partial charge in [-0.3, -0.25) is 0 Å². The van der Waals surface area contributed by atoms with E-state index >= 15 is 0 Å². The van der Waals surface area contributed by atoms with Crippen molar-refractivity contribution in [2.45, 2.75) is 0 Å². The van der Waals surface area contributed by atoms with Crippen LogP contribution >= 0.6 is 22.9 Å². The normalized spacial score (nSPS) is 10.8. The van der Waals surface area contributed by atoms with Gasteiger partial charge in [-0.25, -0.2) is 9.97 Å². The van der Waals surface area contributed by atoms with Gasteiger partial charge in [-0.05, 0) is 16.8 Å². The average Bonchev–Trinajstić information content (AvgIpc) is 2.76. The third kappa shape index (κ3) is 1.58. The van der Waals surface area contributed by atoms with Crippen molar-refractivity contribution < 1.29 is 0 Å². The zero-order valence-corrected chi connectivity index (χ0v) is 9.79. The van der Waals surface area contributed by atoms with Crippen LogP contribution in [0.3, 0.4) is 0 Å². The fourth-order valence-electron chi connectivity index (χ4n) is 1.68. The summed E-state index contributed by atoms with van der Waals surface area (Å²) in [5.74, 6) is 0. The molecule has 0 bridgehead atoms. The Bertz CT molecular complexity index is 648. The lowest BCUT2D eigenvalue weighted by Crippen LogP contribution is -1.85. The molecule has 0 atom stereocenters. The largest absolute Gasteiger partial charge is 0.236 e. The summed E-state index contributed by atoms with van der Waals surface area (Å²) in [7, 11) is 0. The standard InChI is InChI=1S/C12H7ClN2S/c13-11-6-10(14-7-15-11)9-3-1-2-8-4-5-16-12(8)9/h1-7H. The van der Waals surface area contributed by atoms with Gasteiger partial charge >= 0.3 is 0 Å². The number of rotatable bonds is 1. The van der Waals surface area contributed by atoms with Crippen molar-refractivity contribution in [3.8, 4) is 11.3 Å². The first kappa shape index (κ1) is 9.75. The van der Waals surface area contributed by atoms with Crippen molar-refractivity contribution in [3.63, 3.8) is 0 Å². The molecule has 0 aliphatic rings. The SMILES string of the molecule is Clc1cc(-c2cccc3ccsc23)ncn1. The van der Waals surface area contributed by atoms with E-state index < -0.39 is 0 Å². The number of halogens is 1. The molecular weight excluding hydrogens is 240 g/mol. The van der Waals surface area contributed by atoms with Crippen molar-refractivity contribution in [1.29, 1.82) is 0 Å². The van der Waals surface area contributed by atoms with E-state index in [0.717, 1.165) is 11.3 Å². The van der Waals surface area contributed by atoms with Crippen LogP contribution in [0, 0.1) is 0 Å². The molecule has 78 valence electrons. The van der Waals surface area contributed by atoms with Gasteiger partial charge in [-0.1, -0.05) is 29.8 Å². The topological polar surface area (TPSA) is 25.8 Å². The van der Waals surface area contributed by atoms with Crippen molar-refractivity contribution in [2.24, 2.45) is 0 Å². The Kier molecular flexibility index (Phi) is 2.35. The van der Waals surface area contributed by atoms with Crippen molar-refractivity contribution in [3.05, 3.63) is 47.2 Å². The molecule has 0 spiro atoms. The van der Waals surface area contributed by atoms with Gasteiger partial charge in [0.15, 0.2) is 0 Å². The number of hydrogen-bond donors (Lipinski definition) is 0. The van der Waals surface area contributed by atoms with Crippen LogP contribution in [0.4, 0.5) is 0 Å². The second kappa shape index (κ2) is 3.85. The number of benzene rings is 1. The van der Waals surface area contributed by atoms with Crippen molar-refractivity contribution in [1.82, 2.24) is 9.97 Å². The minimum absolute atomic E-state index is 0.471. The third-order valence-electron chi connectivity index (χ3n) is 2.39. The highest BCUT2D eigenvalue weighted by molar-refractivity contribution is 7.17. The molecule has 3 rings (SSSR count). The molecule has 1 aromatic carbocycles. The number of nitrogens with zero attached hydrogens (tertiary/aromatic N) is 2. The Labute approximate surface area is 102 Å². The summed E-state index contributed by atoms with van der Waals surface area (Å²) in [6, 6.07) is 10.1. The first-order valence-corrected chi connectivity index (χ1v) is 6.04. The van der Waals surface area contributed by atoms with E-state index in [-0.39, 0.29) is 0 Å². The molecule has 0 N–H and O–H groups in total. The predicted octanol–water partition coefficient (Wildman–Crippen LogP) is 4.01. The van der Waals surface area contributed by atoms with Gasteiger partial charge < -0.3 is 0 Å². The molecule has 0 fully saturated rings. The average molecular weight is 247 g/mol. The Morgan fingerprint density at radius 3 is 2.94 bits per heavy atom. The minimum atomic E-state index is 0.471. The van der Waals surface area contributed by atoms with E-state index in [1.165, 1.54) is 16.4 Å². The highest BCUT2D eigenvalue weighted by Crippen LogP contribution is 2.31. The van der Waals surface area contributed by atoms with Crippen molar-refractivity contribution >= 4 is 33.0 Å². The van der Waals surface area contributed by atoms with Crippen LogP contribution in [-0.4, -0.2) is 9.97 Å². The first-order chi connectivity index (χ1) is 7.84. The first-order valence-electron chi connectivity index (χ1n) is 4.79. The van der Waals surface area contributed by atoms with E-state index in [4.69, 9.17) is 11.6 Å². The molecule has 0 aliphatic carbocycles. The molecule has 0 unspecified atom stereocenters. The highest BCUT2D eigenvalue weighted by atomic mass is 35.5. The summed E-state index contributed by atoms with van der Waals surface area (Å²) in [5, 5.41) is 3.78. The van der Waals surface area contributed by atoms with Gasteiger partial charge in [0.2, 0.25) is 0 Å². The molecule has 16 heavy (non-hydrogen) atoms. The Hall–Kier alpha value is -1.45. The predicted molar refractivity (Wildman–Crippen MR) is 67.9 cm³/mol. The van der Waals surface area contributed by atoms with Crippen LogP contribution in [-0.2, 0) is 0 Å². The molecule has 0 saturated heterocycles. The van der Waals surface area contributed by atoms with Gasteiger partial charge in [0.1, 0.15) is 11.5 Å². The maximum absolute atomic E-state index is 5.87. The molecule has 2 aromatic heterocycles. The molecule has 2 heterocycles. The fraction of sp³-hybridized carbons (Fsp3) is 0. The van der Waals surface area contributed by atoms with E-state index in [9.17, 15) is 0 Å². The van der Waals surface area contributed by atoms with Crippen LogP contribution in [0.5, 0.6) is 0 Å². The van der Waals surface area contributed by atoms with Crippen LogP contribution in [0.2, 0.25) is 5.15 Å². The highest BCUT2D eigenvalue weighted by Gasteiger charge is 2.06. The zero-order valence-electron chi connectivity index (χ0n) is 8.22. The smallest absolute Gasteiger partial charge is 0.133 e. The molecule has 4 heteroatoms. The van der Waals surface area contributed by atoms with Gasteiger partial charge in [0.05, 0.1) is 5.69 Å². The molecular formula is C12H7ClN2S. The lowest BCUT2D eigenvalue weighted by molar-refractivity contribution is 1.17. The van der Waals surface area contributed by atoms with Crippen LogP contribution in [0.1, 0.15) is 0 Å². The Morgan fingerprint density at radius 2 is 2.06 bits per heavy atom.